The number of carbonyl (C=O) groups is 1. The second-order valence-corrected chi connectivity index (χ2v) is 4.40. The van der Waals surface area contributed by atoms with Crippen LogP contribution < -0.4 is 4.74 Å². The zero-order valence-corrected chi connectivity index (χ0v) is 10.0. The molecule has 5 heteroatoms. The maximum absolute atomic E-state index is 12.6. The zero-order valence-electron chi connectivity index (χ0n) is 10.0. The monoisotopic (exact) mass is 253 g/mol. The summed E-state index contributed by atoms with van der Waals surface area (Å²) >= 11 is 0. The molecule has 1 aliphatic rings. The fourth-order valence-electron chi connectivity index (χ4n) is 1.83. The molecule has 2 rings (SSSR count). The topological polar surface area (TPSA) is 49.8 Å². The van der Waals surface area contributed by atoms with Crippen LogP contribution in [-0.2, 0) is 4.79 Å². The summed E-state index contributed by atoms with van der Waals surface area (Å²) in [4.78, 5) is 13.3. The standard InChI is InChI=1S/C13H16FNO3/c14-11-1-3-12(4-2-11)18-6-5-13(17)15-7-10(8-15)9-16/h1-4,10,16H,5-9H2. The summed E-state index contributed by atoms with van der Waals surface area (Å²) in [5.74, 6) is 0.504. The van der Waals surface area contributed by atoms with Crippen LogP contribution in [0.25, 0.3) is 0 Å². The summed E-state index contributed by atoms with van der Waals surface area (Å²) in [6.07, 6.45) is 0.301. The molecule has 0 saturated carbocycles. The minimum absolute atomic E-state index is 0.0295. The van der Waals surface area contributed by atoms with Crippen LogP contribution in [0, 0.1) is 11.7 Å². The van der Waals surface area contributed by atoms with E-state index in [-0.39, 0.29) is 30.9 Å². The van der Waals surface area contributed by atoms with Crippen molar-refractivity contribution in [3.63, 3.8) is 0 Å². The molecule has 1 saturated heterocycles. The number of hydrogen-bond donors (Lipinski definition) is 1. The Morgan fingerprint density at radius 3 is 2.67 bits per heavy atom. The van der Waals surface area contributed by atoms with E-state index in [1.54, 1.807) is 4.90 Å². The molecule has 0 unspecified atom stereocenters. The number of likely N-dealkylation sites (tertiary alicyclic amines) is 1. The average Bonchev–Trinajstić information content (AvgIpc) is 2.30. The fraction of sp³-hybridized carbons (Fsp3) is 0.462. The van der Waals surface area contributed by atoms with Gasteiger partial charge in [0, 0.05) is 25.6 Å². The van der Waals surface area contributed by atoms with Gasteiger partial charge in [-0.05, 0) is 24.3 Å². The van der Waals surface area contributed by atoms with E-state index in [0.29, 0.717) is 25.3 Å². The SMILES string of the molecule is O=C(CCOc1ccc(F)cc1)N1CC(CO)C1. The number of halogens is 1. The molecule has 1 N–H and O–H groups in total. The lowest BCUT2D eigenvalue weighted by molar-refractivity contribution is -0.138. The maximum Gasteiger partial charge on any atom is 0.226 e. The van der Waals surface area contributed by atoms with Crippen molar-refractivity contribution in [1.29, 1.82) is 0 Å². The largest absolute Gasteiger partial charge is 0.493 e. The lowest BCUT2D eigenvalue weighted by atomic mass is 10.0. The van der Waals surface area contributed by atoms with E-state index in [2.05, 4.69) is 0 Å². The van der Waals surface area contributed by atoms with Crippen molar-refractivity contribution in [1.82, 2.24) is 4.90 Å². The van der Waals surface area contributed by atoms with Gasteiger partial charge in [-0.2, -0.15) is 0 Å². The Balaban J connectivity index is 1.66. The lowest BCUT2D eigenvalue weighted by Crippen LogP contribution is -2.51. The summed E-state index contributed by atoms with van der Waals surface area (Å²) in [7, 11) is 0. The number of ether oxygens (including phenoxy) is 1. The molecule has 0 aliphatic carbocycles. The van der Waals surface area contributed by atoms with Crippen molar-refractivity contribution >= 4 is 5.91 Å². The molecule has 1 fully saturated rings. The first-order valence-corrected chi connectivity index (χ1v) is 5.96. The molecular weight excluding hydrogens is 237 g/mol. The van der Waals surface area contributed by atoms with Crippen molar-refractivity contribution in [3.8, 4) is 5.75 Å². The highest BCUT2D eigenvalue weighted by molar-refractivity contribution is 5.77. The highest BCUT2D eigenvalue weighted by atomic mass is 19.1. The van der Waals surface area contributed by atoms with Crippen molar-refractivity contribution in [2.45, 2.75) is 6.42 Å². The molecule has 0 spiro atoms. The van der Waals surface area contributed by atoms with E-state index in [0.717, 1.165) is 0 Å². The molecule has 0 bridgehead atoms. The van der Waals surface area contributed by atoms with E-state index >= 15 is 0 Å². The normalized spacial score (nSPS) is 15.3. The number of carbonyl (C=O) groups excluding carboxylic acids is 1. The Kier molecular flexibility index (Phi) is 4.15. The second-order valence-electron chi connectivity index (χ2n) is 4.40. The van der Waals surface area contributed by atoms with Crippen LogP contribution in [0.2, 0.25) is 0 Å². The minimum Gasteiger partial charge on any atom is -0.493 e. The van der Waals surface area contributed by atoms with Crippen LogP contribution in [0.3, 0.4) is 0 Å². The maximum atomic E-state index is 12.6. The Bertz CT molecular complexity index is 401. The van der Waals surface area contributed by atoms with Gasteiger partial charge < -0.3 is 14.7 Å². The smallest absolute Gasteiger partial charge is 0.226 e. The number of aliphatic hydroxyl groups is 1. The molecule has 0 radical (unpaired) electrons. The van der Waals surface area contributed by atoms with Gasteiger partial charge in [0.2, 0.25) is 5.91 Å². The quantitative estimate of drug-likeness (QED) is 0.853. The molecular formula is C13H16FNO3. The summed E-state index contributed by atoms with van der Waals surface area (Å²) in [5.41, 5.74) is 0. The van der Waals surface area contributed by atoms with E-state index in [9.17, 15) is 9.18 Å². The van der Waals surface area contributed by atoms with Crippen LogP contribution in [0.1, 0.15) is 6.42 Å². The van der Waals surface area contributed by atoms with Crippen LogP contribution in [0.5, 0.6) is 5.75 Å². The van der Waals surface area contributed by atoms with Gasteiger partial charge >= 0.3 is 0 Å². The van der Waals surface area contributed by atoms with Gasteiger partial charge in [0.1, 0.15) is 11.6 Å². The number of hydrogen-bond acceptors (Lipinski definition) is 3. The van der Waals surface area contributed by atoms with Gasteiger partial charge in [-0.25, -0.2) is 4.39 Å². The minimum atomic E-state index is -0.311. The summed E-state index contributed by atoms with van der Waals surface area (Å²) in [5, 5.41) is 8.84. The number of amides is 1. The van der Waals surface area contributed by atoms with Crippen LogP contribution in [0.4, 0.5) is 4.39 Å². The summed E-state index contributed by atoms with van der Waals surface area (Å²) in [6.45, 7) is 1.68. The zero-order chi connectivity index (χ0) is 13.0. The van der Waals surface area contributed by atoms with Crippen molar-refractivity contribution in [2.75, 3.05) is 26.3 Å². The van der Waals surface area contributed by atoms with Gasteiger partial charge in [0.15, 0.2) is 0 Å². The van der Waals surface area contributed by atoms with Crippen LogP contribution in [0.15, 0.2) is 24.3 Å². The lowest BCUT2D eigenvalue weighted by Gasteiger charge is -2.38. The van der Waals surface area contributed by atoms with Crippen LogP contribution in [-0.4, -0.2) is 42.2 Å². The van der Waals surface area contributed by atoms with E-state index in [4.69, 9.17) is 9.84 Å². The van der Waals surface area contributed by atoms with Gasteiger partial charge in [0.05, 0.1) is 13.0 Å². The first kappa shape index (κ1) is 12.8. The van der Waals surface area contributed by atoms with Crippen molar-refractivity contribution in [2.24, 2.45) is 5.92 Å². The second kappa shape index (κ2) is 5.82. The number of nitrogens with zero attached hydrogens (tertiary/aromatic N) is 1. The highest BCUT2D eigenvalue weighted by Gasteiger charge is 2.29. The Morgan fingerprint density at radius 1 is 1.39 bits per heavy atom. The van der Waals surface area contributed by atoms with Crippen molar-refractivity contribution in [3.05, 3.63) is 30.1 Å². The molecule has 1 aliphatic heterocycles. The Morgan fingerprint density at radius 2 is 2.06 bits per heavy atom. The van der Waals surface area contributed by atoms with Crippen LogP contribution >= 0.6 is 0 Å². The Hall–Kier alpha value is -1.62. The van der Waals surface area contributed by atoms with Crippen molar-refractivity contribution < 1.29 is 19.0 Å². The van der Waals surface area contributed by atoms with Gasteiger partial charge in [0.25, 0.3) is 0 Å². The van der Waals surface area contributed by atoms with Gasteiger partial charge in [-0.1, -0.05) is 0 Å². The molecule has 18 heavy (non-hydrogen) atoms. The third-order valence-corrected chi connectivity index (χ3v) is 2.97. The Labute approximate surface area is 105 Å². The highest BCUT2D eigenvalue weighted by Crippen LogP contribution is 2.16. The summed E-state index contributed by atoms with van der Waals surface area (Å²) in [6, 6.07) is 5.70. The molecule has 1 heterocycles. The molecule has 1 aromatic rings. The number of rotatable bonds is 5. The van der Waals surface area contributed by atoms with E-state index in [1.807, 2.05) is 0 Å². The first-order valence-electron chi connectivity index (χ1n) is 5.96. The number of aliphatic hydroxyl groups excluding tert-OH is 1. The molecule has 0 aromatic heterocycles. The predicted molar refractivity (Wildman–Crippen MR) is 63.7 cm³/mol. The molecule has 1 amide bonds. The van der Waals surface area contributed by atoms with Gasteiger partial charge in [-0.15, -0.1) is 0 Å². The van der Waals surface area contributed by atoms with Gasteiger partial charge in [-0.3, -0.25) is 4.79 Å². The fourth-order valence-corrected chi connectivity index (χ4v) is 1.83. The molecule has 98 valence electrons. The first-order chi connectivity index (χ1) is 8.69. The third kappa shape index (κ3) is 3.20. The third-order valence-electron chi connectivity index (χ3n) is 2.97. The van der Waals surface area contributed by atoms with E-state index < -0.39 is 0 Å². The average molecular weight is 253 g/mol. The molecule has 1 aromatic carbocycles. The summed E-state index contributed by atoms with van der Waals surface area (Å²) < 4.78 is 18.0. The number of benzene rings is 1. The van der Waals surface area contributed by atoms with E-state index in [1.165, 1.54) is 24.3 Å². The molecule has 4 nitrogen and oxygen atoms in total. The predicted octanol–water partition coefficient (Wildman–Crippen LogP) is 1.05. The molecule has 0 atom stereocenters.